The fourth-order valence-electron chi connectivity index (χ4n) is 2.77. The number of nitrogen functional groups attached to an aromatic ring is 2. The van der Waals surface area contributed by atoms with Gasteiger partial charge < -0.3 is 26.7 Å². The van der Waals surface area contributed by atoms with Gasteiger partial charge in [-0.25, -0.2) is 4.79 Å². The van der Waals surface area contributed by atoms with Crippen LogP contribution in [0.4, 0.5) is 10.3 Å². The number of carboxylic acids is 1. The van der Waals surface area contributed by atoms with E-state index < -0.39 is 29.2 Å². The Hall–Kier alpha value is -3.24. The molecule has 0 bridgehead atoms. The number of amides is 2. The van der Waals surface area contributed by atoms with E-state index in [0.29, 0.717) is 10.6 Å². The van der Waals surface area contributed by atoms with Crippen LogP contribution < -0.4 is 21.6 Å². The number of hydrogen-bond acceptors (Lipinski definition) is 13. The summed E-state index contributed by atoms with van der Waals surface area (Å²) in [5.74, 6) is -2.12. The van der Waals surface area contributed by atoms with Gasteiger partial charge in [0.05, 0.1) is 5.38 Å². The third kappa shape index (κ3) is 3.66. The molecule has 156 valence electrons. The summed E-state index contributed by atoms with van der Waals surface area (Å²) in [5.41, 5.74) is 11.2. The first kappa shape index (κ1) is 20.0. The summed E-state index contributed by atoms with van der Waals surface area (Å²) >= 11 is 3.48. The maximum atomic E-state index is 12.6. The summed E-state index contributed by atoms with van der Waals surface area (Å²) in [6, 6.07) is -0.903. The van der Waals surface area contributed by atoms with Crippen LogP contribution in [0.25, 0.3) is 5.57 Å². The van der Waals surface area contributed by atoms with Gasteiger partial charge >= 0.3 is 5.97 Å². The van der Waals surface area contributed by atoms with Gasteiger partial charge in [0.2, 0.25) is 5.13 Å². The van der Waals surface area contributed by atoms with Gasteiger partial charge in [0.15, 0.2) is 5.13 Å². The number of aliphatic carboxylic acids is 1. The number of rotatable bonds is 6. The molecule has 0 spiro atoms. The minimum absolute atomic E-state index is 0.136. The normalized spacial score (nSPS) is 20.8. The lowest BCUT2D eigenvalue weighted by Crippen LogP contribution is -2.70. The summed E-state index contributed by atoms with van der Waals surface area (Å²) < 4.78 is 0. The van der Waals surface area contributed by atoms with Crippen molar-refractivity contribution in [3.8, 4) is 5.88 Å². The zero-order chi connectivity index (χ0) is 21.4. The Morgan fingerprint density at radius 1 is 1.37 bits per heavy atom. The van der Waals surface area contributed by atoms with Crippen molar-refractivity contribution in [2.24, 2.45) is 5.16 Å². The van der Waals surface area contributed by atoms with E-state index in [4.69, 9.17) is 16.3 Å². The van der Waals surface area contributed by atoms with Crippen LogP contribution in [0.15, 0.2) is 16.2 Å². The lowest BCUT2D eigenvalue weighted by Gasteiger charge is -2.49. The highest BCUT2D eigenvalue weighted by molar-refractivity contribution is 8.00. The fourth-order valence-corrected chi connectivity index (χ4v) is 5.32. The average molecular weight is 469 g/mol. The summed E-state index contributed by atoms with van der Waals surface area (Å²) in [4.78, 5) is 46.3. The second-order valence-corrected chi connectivity index (χ2v) is 8.83. The third-order valence-corrected chi connectivity index (χ3v) is 6.73. The number of carbonyl (C=O) groups excluding carboxylic acids is 2. The number of thiazole rings is 1. The molecule has 2 unspecified atom stereocenters. The van der Waals surface area contributed by atoms with Crippen LogP contribution in [0.1, 0.15) is 5.01 Å². The van der Waals surface area contributed by atoms with Gasteiger partial charge in [-0.15, -0.1) is 33.3 Å². The van der Waals surface area contributed by atoms with Crippen molar-refractivity contribution >= 4 is 74.3 Å². The van der Waals surface area contributed by atoms with Crippen LogP contribution in [0.2, 0.25) is 0 Å². The molecule has 30 heavy (non-hydrogen) atoms. The molecule has 16 heteroatoms. The quantitative estimate of drug-likeness (QED) is 0.240. The Balaban J connectivity index is 1.44. The van der Waals surface area contributed by atoms with Gasteiger partial charge in [0.1, 0.15) is 28.3 Å². The highest BCUT2D eigenvalue weighted by Gasteiger charge is 2.54. The zero-order valence-electron chi connectivity index (χ0n) is 14.7. The molecule has 1 saturated heterocycles. The minimum Gasteiger partial charge on any atom is -0.477 e. The highest BCUT2D eigenvalue weighted by atomic mass is 32.2. The number of anilines is 2. The first-order valence-electron chi connectivity index (χ1n) is 8.07. The predicted molar refractivity (Wildman–Crippen MR) is 110 cm³/mol. The summed E-state index contributed by atoms with van der Waals surface area (Å²) in [6.45, 7) is 0. The first-order valence-corrected chi connectivity index (χ1v) is 10.8. The third-order valence-electron chi connectivity index (χ3n) is 3.98. The number of fused-ring (bicyclic) bond motifs is 1. The molecule has 2 aromatic heterocycles. The monoisotopic (exact) mass is 468 g/mol. The molecule has 2 aliphatic rings. The number of nitrogens with one attached hydrogen (secondary N) is 1. The molecule has 2 atom stereocenters. The molecular formula is C14H12N8O5S3. The van der Waals surface area contributed by atoms with E-state index in [1.54, 1.807) is 0 Å². The van der Waals surface area contributed by atoms with Gasteiger partial charge in [-0.2, -0.15) is 4.98 Å². The standard InChI is InChI=1S/C14H12N8O5S3/c15-13-19-6(3-29-13)27-17-1-5(23)18-7-10(24)22-8(12(25)26)4(2-28-11(7)22)9-20-21-14(16)30-9/h1,3,7,11H,2H2,(H2,15,19)(H2,16,21)(H,18,23)(H,25,26)/b17-1+. The number of aromatic nitrogens is 3. The molecule has 0 aromatic carbocycles. The number of nitrogens with two attached hydrogens (primary N) is 2. The van der Waals surface area contributed by atoms with Crippen molar-refractivity contribution in [2.45, 2.75) is 11.4 Å². The summed E-state index contributed by atoms with van der Waals surface area (Å²) in [7, 11) is 0. The number of oxime groups is 1. The fraction of sp³-hybridized carbons (Fsp3) is 0.214. The molecule has 0 saturated carbocycles. The molecule has 2 aliphatic heterocycles. The number of carboxylic acid groups (broad SMARTS) is 1. The van der Waals surface area contributed by atoms with Crippen LogP contribution in [0.3, 0.4) is 0 Å². The number of nitrogens with zero attached hydrogens (tertiary/aromatic N) is 5. The van der Waals surface area contributed by atoms with Gasteiger partial charge in [0.25, 0.3) is 17.7 Å². The molecule has 0 aliphatic carbocycles. The van der Waals surface area contributed by atoms with Crippen LogP contribution in [0, 0.1) is 0 Å². The van der Waals surface area contributed by atoms with Crippen LogP contribution in [-0.2, 0) is 14.4 Å². The maximum Gasteiger partial charge on any atom is 0.353 e. The molecule has 4 rings (SSSR count). The molecule has 0 radical (unpaired) electrons. The lowest BCUT2D eigenvalue weighted by molar-refractivity contribution is -0.149. The average Bonchev–Trinajstić information content (AvgIpc) is 3.32. The highest BCUT2D eigenvalue weighted by Crippen LogP contribution is 2.43. The minimum atomic E-state index is -1.28. The number of hydrogen-bond donors (Lipinski definition) is 4. The Morgan fingerprint density at radius 3 is 2.80 bits per heavy atom. The largest absolute Gasteiger partial charge is 0.477 e. The Labute approximate surface area is 179 Å². The van der Waals surface area contributed by atoms with E-state index in [0.717, 1.165) is 33.8 Å². The Morgan fingerprint density at radius 2 is 2.17 bits per heavy atom. The van der Waals surface area contributed by atoms with E-state index in [9.17, 15) is 19.5 Å². The van der Waals surface area contributed by atoms with Crippen LogP contribution >= 0.6 is 34.4 Å². The van der Waals surface area contributed by atoms with Crippen molar-refractivity contribution in [3.63, 3.8) is 0 Å². The van der Waals surface area contributed by atoms with E-state index in [2.05, 4.69) is 25.7 Å². The SMILES string of the molecule is Nc1nc(O/N=C/C(=O)NC2C(=O)N3C(C(=O)O)=C(c4nnc(N)s4)CSC23)cs1. The first-order chi connectivity index (χ1) is 14.3. The van der Waals surface area contributed by atoms with Crippen molar-refractivity contribution < 1.29 is 24.3 Å². The van der Waals surface area contributed by atoms with Gasteiger partial charge in [-0.1, -0.05) is 16.5 Å². The number of thioether (sulfide) groups is 1. The molecule has 6 N–H and O–H groups in total. The van der Waals surface area contributed by atoms with Crippen molar-refractivity contribution in [3.05, 3.63) is 16.1 Å². The van der Waals surface area contributed by atoms with E-state index in [-0.39, 0.29) is 27.6 Å². The Bertz CT molecular complexity index is 1100. The van der Waals surface area contributed by atoms with Crippen molar-refractivity contribution in [1.29, 1.82) is 0 Å². The van der Waals surface area contributed by atoms with Crippen molar-refractivity contribution in [2.75, 3.05) is 17.2 Å². The summed E-state index contributed by atoms with van der Waals surface area (Å²) in [6.07, 6.45) is 0.850. The van der Waals surface area contributed by atoms with Crippen LogP contribution in [-0.4, -0.2) is 66.4 Å². The topological polar surface area (TPSA) is 199 Å². The zero-order valence-corrected chi connectivity index (χ0v) is 17.2. The van der Waals surface area contributed by atoms with E-state index in [1.165, 1.54) is 17.1 Å². The van der Waals surface area contributed by atoms with Crippen molar-refractivity contribution in [1.82, 2.24) is 25.4 Å². The molecule has 1 fully saturated rings. The van der Waals surface area contributed by atoms with Crippen LogP contribution in [0.5, 0.6) is 5.88 Å². The van der Waals surface area contributed by atoms with E-state index >= 15 is 0 Å². The maximum absolute atomic E-state index is 12.6. The second kappa shape index (κ2) is 7.88. The van der Waals surface area contributed by atoms with Gasteiger partial charge in [0, 0.05) is 11.3 Å². The van der Waals surface area contributed by atoms with E-state index in [1.807, 2.05) is 0 Å². The molecular weight excluding hydrogens is 456 g/mol. The number of carbonyl (C=O) groups is 3. The smallest absolute Gasteiger partial charge is 0.353 e. The lowest BCUT2D eigenvalue weighted by atomic mass is 10.0. The number of β-lactam (4-membered cyclic amide) rings is 1. The van der Waals surface area contributed by atoms with Gasteiger partial charge in [-0.05, 0) is 0 Å². The van der Waals surface area contributed by atoms with Gasteiger partial charge in [-0.3, -0.25) is 14.5 Å². The predicted octanol–water partition coefficient (Wildman–Crippen LogP) is -0.581. The molecule has 2 amide bonds. The molecule has 2 aromatic rings. The summed E-state index contributed by atoms with van der Waals surface area (Å²) in [5, 5.41) is 24.9. The second-order valence-electron chi connectivity index (χ2n) is 5.82. The molecule has 13 nitrogen and oxygen atoms in total. The Kier molecular flexibility index (Phi) is 5.27. The molecule has 4 heterocycles.